The molecule has 0 saturated heterocycles. The lowest BCUT2D eigenvalue weighted by Gasteiger charge is -2.35. The normalized spacial score (nSPS) is 30.3. The maximum atomic E-state index is 10.1. The predicted molar refractivity (Wildman–Crippen MR) is 69.4 cm³/mol. The fourth-order valence-electron chi connectivity index (χ4n) is 2.43. The molecule has 0 radical (unpaired) electrons. The highest BCUT2D eigenvalue weighted by molar-refractivity contribution is 9.10. The lowest BCUT2D eigenvalue weighted by Crippen LogP contribution is -2.40. The number of nitrogens with two attached hydrogens (primary N) is 1. The molecule has 0 spiro atoms. The summed E-state index contributed by atoms with van der Waals surface area (Å²) in [6.07, 6.45) is 3.72. The van der Waals surface area contributed by atoms with E-state index in [-0.39, 0.29) is 0 Å². The van der Waals surface area contributed by atoms with Crippen LogP contribution in [0, 0.1) is 0 Å². The van der Waals surface area contributed by atoms with Crippen LogP contribution in [-0.2, 0) is 0 Å². The van der Waals surface area contributed by atoms with E-state index >= 15 is 0 Å². The van der Waals surface area contributed by atoms with Crippen molar-refractivity contribution in [3.63, 3.8) is 0 Å². The van der Waals surface area contributed by atoms with Gasteiger partial charge < -0.3 is 10.8 Å². The van der Waals surface area contributed by atoms with Crippen molar-refractivity contribution in [1.82, 2.24) is 0 Å². The standard InChI is InChI=1S/C13H18BrNO/c14-12-3-1-10(2-4-12)11-5-7-13(16,9-15)8-6-11/h1-4,11,16H,5-9,15H2. The largest absolute Gasteiger partial charge is 0.389 e. The molecule has 2 nitrogen and oxygen atoms in total. The minimum absolute atomic E-state index is 0.389. The molecular formula is C13H18BrNO. The summed E-state index contributed by atoms with van der Waals surface area (Å²) in [5.41, 5.74) is 6.36. The van der Waals surface area contributed by atoms with Gasteiger partial charge in [0.15, 0.2) is 0 Å². The lowest BCUT2D eigenvalue weighted by molar-refractivity contribution is 0.00767. The summed E-state index contributed by atoms with van der Waals surface area (Å²) in [5.74, 6) is 0.583. The zero-order valence-corrected chi connectivity index (χ0v) is 10.9. The molecule has 3 N–H and O–H groups in total. The van der Waals surface area contributed by atoms with Gasteiger partial charge in [-0.15, -0.1) is 0 Å². The molecule has 1 aromatic rings. The van der Waals surface area contributed by atoms with E-state index in [4.69, 9.17) is 5.73 Å². The third kappa shape index (κ3) is 2.65. The second-order valence-electron chi connectivity index (χ2n) is 4.75. The topological polar surface area (TPSA) is 46.2 Å². The quantitative estimate of drug-likeness (QED) is 0.877. The van der Waals surface area contributed by atoms with E-state index < -0.39 is 5.60 Å². The molecule has 88 valence electrons. The zero-order chi connectivity index (χ0) is 11.6. The van der Waals surface area contributed by atoms with Crippen molar-refractivity contribution in [3.8, 4) is 0 Å². The summed E-state index contributed by atoms with van der Waals surface area (Å²) >= 11 is 3.44. The van der Waals surface area contributed by atoms with Gasteiger partial charge in [-0.1, -0.05) is 28.1 Å². The number of benzene rings is 1. The van der Waals surface area contributed by atoms with Gasteiger partial charge in [0.05, 0.1) is 5.60 Å². The van der Waals surface area contributed by atoms with Crippen LogP contribution in [0.5, 0.6) is 0 Å². The van der Waals surface area contributed by atoms with Gasteiger partial charge in [-0.25, -0.2) is 0 Å². The van der Waals surface area contributed by atoms with Crippen molar-refractivity contribution in [3.05, 3.63) is 34.3 Å². The van der Waals surface area contributed by atoms with Crippen LogP contribution < -0.4 is 5.73 Å². The summed E-state index contributed by atoms with van der Waals surface area (Å²) < 4.78 is 1.12. The fourth-order valence-corrected chi connectivity index (χ4v) is 2.69. The first-order chi connectivity index (χ1) is 7.63. The number of halogens is 1. The van der Waals surface area contributed by atoms with Crippen molar-refractivity contribution in [2.45, 2.75) is 37.2 Å². The predicted octanol–water partition coefficient (Wildman–Crippen LogP) is 2.80. The molecule has 2 rings (SSSR count). The van der Waals surface area contributed by atoms with Crippen molar-refractivity contribution in [1.29, 1.82) is 0 Å². The molecule has 3 heteroatoms. The first-order valence-electron chi connectivity index (χ1n) is 5.81. The number of hydrogen-bond acceptors (Lipinski definition) is 2. The average Bonchev–Trinajstić information content (AvgIpc) is 2.32. The van der Waals surface area contributed by atoms with E-state index in [2.05, 4.69) is 40.2 Å². The van der Waals surface area contributed by atoms with E-state index in [0.29, 0.717) is 12.5 Å². The molecule has 1 aliphatic rings. The Morgan fingerprint density at radius 2 is 1.81 bits per heavy atom. The van der Waals surface area contributed by atoms with Crippen LogP contribution >= 0.6 is 15.9 Å². The highest BCUT2D eigenvalue weighted by Crippen LogP contribution is 2.37. The Bertz CT molecular complexity index is 341. The summed E-state index contributed by atoms with van der Waals surface area (Å²) in [6.45, 7) is 0.389. The molecule has 1 aliphatic carbocycles. The van der Waals surface area contributed by atoms with Gasteiger partial charge in [-0.2, -0.15) is 0 Å². The lowest BCUT2D eigenvalue weighted by atomic mass is 9.76. The number of hydrogen-bond donors (Lipinski definition) is 2. The summed E-state index contributed by atoms with van der Waals surface area (Å²) in [5, 5.41) is 10.1. The summed E-state index contributed by atoms with van der Waals surface area (Å²) in [6, 6.07) is 8.50. The first-order valence-corrected chi connectivity index (χ1v) is 6.60. The molecule has 0 atom stereocenters. The molecule has 0 unspecified atom stereocenters. The highest BCUT2D eigenvalue weighted by atomic mass is 79.9. The Morgan fingerprint density at radius 3 is 2.31 bits per heavy atom. The molecule has 0 heterocycles. The van der Waals surface area contributed by atoms with Crippen LogP contribution in [0.25, 0.3) is 0 Å². The van der Waals surface area contributed by atoms with E-state index in [1.165, 1.54) is 5.56 Å². The first kappa shape index (κ1) is 12.1. The molecule has 0 aromatic heterocycles. The van der Waals surface area contributed by atoms with Crippen LogP contribution in [0.2, 0.25) is 0 Å². The van der Waals surface area contributed by atoms with Gasteiger partial charge in [0.25, 0.3) is 0 Å². The minimum atomic E-state index is -0.605. The third-order valence-corrected chi connectivity index (χ3v) is 4.17. The van der Waals surface area contributed by atoms with Gasteiger partial charge in [0.2, 0.25) is 0 Å². The Hall–Kier alpha value is -0.380. The smallest absolute Gasteiger partial charge is 0.0769 e. The number of aliphatic hydroxyl groups is 1. The summed E-state index contributed by atoms with van der Waals surface area (Å²) in [4.78, 5) is 0. The Balaban J connectivity index is 2.01. The summed E-state index contributed by atoms with van der Waals surface area (Å²) in [7, 11) is 0. The van der Waals surface area contributed by atoms with E-state index in [9.17, 15) is 5.11 Å². The average molecular weight is 284 g/mol. The van der Waals surface area contributed by atoms with Gasteiger partial charge in [0.1, 0.15) is 0 Å². The molecule has 1 fully saturated rings. The Morgan fingerprint density at radius 1 is 1.25 bits per heavy atom. The van der Waals surface area contributed by atoms with Crippen molar-refractivity contribution < 1.29 is 5.11 Å². The molecule has 0 aliphatic heterocycles. The molecule has 1 saturated carbocycles. The van der Waals surface area contributed by atoms with E-state index in [1.54, 1.807) is 0 Å². The zero-order valence-electron chi connectivity index (χ0n) is 9.32. The maximum absolute atomic E-state index is 10.1. The molecule has 0 amide bonds. The molecule has 0 bridgehead atoms. The van der Waals surface area contributed by atoms with Crippen molar-refractivity contribution >= 4 is 15.9 Å². The van der Waals surface area contributed by atoms with Crippen LogP contribution in [-0.4, -0.2) is 17.3 Å². The highest BCUT2D eigenvalue weighted by Gasteiger charge is 2.32. The molecule has 1 aromatic carbocycles. The van der Waals surface area contributed by atoms with Gasteiger partial charge in [-0.05, 0) is 49.3 Å². The van der Waals surface area contributed by atoms with Crippen LogP contribution in [0.3, 0.4) is 0 Å². The monoisotopic (exact) mass is 283 g/mol. The van der Waals surface area contributed by atoms with Crippen LogP contribution in [0.1, 0.15) is 37.2 Å². The second-order valence-corrected chi connectivity index (χ2v) is 5.67. The van der Waals surface area contributed by atoms with Crippen LogP contribution in [0.15, 0.2) is 28.7 Å². The third-order valence-electron chi connectivity index (χ3n) is 3.64. The fraction of sp³-hybridized carbons (Fsp3) is 0.538. The minimum Gasteiger partial charge on any atom is -0.389 e. The van der Waals surface area contributed by atoms with Gasteiger partial charge in [-0.3, -0.25) is 0 Å². The number of rotatable bonds is 2. The SMILES string of the molecule is NCC1(O)CCC(c2ccc(Br)cc2)CC1. The van der Waals surface area contributed by atoms with E-state index in [0.717, 1.165) is 30.2 Å². The molecule has 16 heavy (non-hydrogen) atoms. The van der Waals surface area contributed by atoms with E-state index in [1.807, 2.05) is 0 Å². The second kappa shape index (κ2) is 4.86. The maximum Gasteiger partial charge on any atom is 0.0769 e. The van der Waals surface area contributed by atoms with Crippen molar-refractivity contribution in [2.75, 3.05) is 6.54 Å². The Kier molecular flexibility index (Phi) is 3.67. The Labute approximate surface area is 105 Å². The van der Waals surface area contributed by atoms with Gasteiger partial charge >= 0.3 is 0 Å². The molecular weight excluding hydrogens is 266 g/mol. The van der Waals surface area contributed by atoms with Crippen molar-refractivity contribution in [2.24, 2.45) is 5.73 Å². The van der Waals surface area contributed by atoms with Gasteiger partial charge in [0, 0.05) is 11.0 Å². The van der Waals surface area contributed by atoms with Crippen LogP contribution in [0.4, 0.5) is 0 Å².